The quantitative estimate of drug-likeness (QED) is 0.661. The van der Waals surface area contributed by atoms with Gasteiger partial charge in [0.1, 0.15) is 22.7 Å². The molecule has 2 heterocycles. The molecule has 7 nitrogen and oxygen atoms in total. The van der Waals surface area contributed by atoms with Crippen molar-refractivity contribution >= 4 is 46.4 Å². The number of nitrogens with one attached hydrogen (secondary N) is 1. The van der Waals surface area contributed by atoms with Crippen molar-refractivity contribution in [3.63, 3.8) is 0 Å². The predicted octanol–water partition coefficient (Wildman–Crippen LogP) is 4.16. The summed E-state index contributed by atoms with van der Waals surface area (Å²) in [5, 5.41) is 12.4. The van der Waals surface area contributed by atoms with Gasteiger partial charge in [0.15, 0.2) is 0 Å². The van der Waals surface area contributed by atoms with Crippen LogP contribution in [0.3, 0.4) is 0 Å². The Morgan fingerprint density at radius 3 is 2.67 bits per heavy atom. The minimum Gasteiger partial charge on any atom is -0.496 e. The normalized spacial score (nSPS) is 10.8. The van der Waals surface area contributed by atoms with E-state index in [4.69, 9.17) is 27.9 Å². The first-order chi connectivity index (χ1) is 12.8. The standard InChI is InChI=1S/C18H15Cl2N3O4/c1-3-12-16(23-8-9(19)4-5-15(23)21-12)17(24)22-13-7-14(27-2)10(18(25)26)6-11(13)20/h4-8H,3H2,1-2H3,(H,22,24)(H,25,26). The maximum atomic E-state index is 12.9. The van der Waals surface area contributed by atoms with Crippen LogP contribution in [0.15, 0.2) is 30.5 Å². The number of benzene rings is 1. The van der Waals surface area contributed by atoms with Gasteiger partial charge in [0.25, 0.3) is 5.91 Å². The topological polar surface area (TPSA) is 92.9 Å². The highest BCUT2D eigenvalue weighted by atomic mass is 35.5. The van der Waals surface area contributed by atoms with Crippen LogP contribution < -0.4 is 10.1 Å². The van der Waals surface area contributed by atoms with Gasteiger partial charge in [0.05, 0.1) is 28.5 Å². The Morgan fingerprint density at radius 2 is 2.04 bits per heavy atom. The number of rotatable bonds is 5. The van der Waals surface area contributed by atoms with E-state index in [1.807, 2.05) is 6.92 Å². The molecule has 27 heavy (non-hydrogen) atoms. The smallest absolute Gasteiger partial charge is 0.339 e. The van der Waals surface area contributed by atoms with Gasteiger partial charge >= 0.3 is 5.97 Å². The summed E-state index contributed by atoms with van der Waals surface area (Å²) in [7, 11) is 1.34. The van der Waals surface area contributed by atoms with Crippen molar-refractivity contribution in [2.24, 2.45) is 0 Å². The Kier molecular flexibility index (Phi) is 5.25. The van der Waals surface area contributed by atoms with Crippen LogP contribution in [0.2, 0.25) is 10.0 Å². The van der Waals surface area contributed by atoms with Gasteiger partial charge in [-0.2, -0.15) is 0 Å². The molecule has 0 bridgehead atoms. The minimum absolute atomic E-state index is 0.0754. The maximum absolute atomic E-state index is 12.9. The van der Waals surface area contributed by atoms with Gasteiger partial charge in [-0.1, -0.05) is 30.1 Å². The number of amides is 1. The lowest BCUT2D eigenvalue weighted by Gasteiger charge is -2.12. The molecule has 2 aromatic heterocycles. The molecule has 0 unspecified atom stereocenters. The largest absolute Gasteiger partial charge is 0.496 e. The SMILES string of the molecule is CCc1nc2ccc(Cl)cn2c1C(=O)Nc1cc(OC)c(C(=O)O)cc1Cl. The Hall–Kier alpha value is -2.77. The third-order valence-electron chi connectivity index (χ3n) is 3.97. The Morgan fingerprint density at radius 1 is 1.30 bits per heavy atom. The molecule has 2 N–H and O–H groups in total. The number of pyridine rings is 1. The molecule has 140 valence electrons. The number of carbonyl (C=O) groups is 2. The van der Waals surface area contributed by atoms with Gasteiger partial charge < -0.3 is 15.2 Å². The zero-order valence-electron chi connectivity index (χ0n) is 14.4. The van der Waals surface area contributed by atoms with Crippen molar-refractivity contribution in [2.45, 2.75) is 13.3 Å². The number of imidazole rings is 1. The minimum atomic E-state index is -1.18. The second-order valence-electron chi connectivity index (χ2n) is 5.63. The first kappa shape index (κ1) is 19.0. The van der Waals surface area contributed by atoms with Crippen LogP contribution >= 0.6 is 23.2 Å². The van der Waals surface area contributed by atoms with E-state index in [1.165, 1.54) is 19.2 Å². The Bertz CT molecular complexity index is 1060. The summed E-state index contributed by atoms with van der Waals surface area (Å²) in [5.41, 5.74) is 1.64. The van der Waals surface area contributed by atoms with E-state index in [-0.39, 0.29) is 22.0 Å². The number of carbonyl (C=O) groups excluding carboxylic acids is 1. The van der Waals surface area contributed by atoms with Gasteiger partial charge in [-0.15, -0.1) is 0 Å². The fraction of sp³-hybridized carbons (Fsp3) is 0.167. The molecule has 0 saturated heterocycles. The number of halogens is 2. The van der Waals surface area contributed by atoms with E-state index >= 15 is 0 Å². The van der Waals surface area contributed by atoms with Crippen molar-refractivity contribution in [2.75, 3.05) is 12.4 Å². The number of carboxylic acids is 1. The van der Waals surface area contributed by atoms with Crippen LogP contribution in [-0.4, -0.2) is 33.5 Å². The molecule has 0 radical (unpaired) electrons. The van der Waals surface area contributed by atoms with Gasteiger partial charge in [-0.25, -0.2) is 9.78 Å². The van der Waals surface area contributed by atoms with Gasteiger partial charge in [0, 0.05) is 12.3 Å². The summed E-state index contributed by atoms with van der Waals surface area (Å²) in [5.74, 6) is -1.55. The first-order valence-corrected chi connectivity index (χ1v) is 8.70. The molecule has 1 amide bonds. The van der Waals surface area contributed by atoms with Gasteiger partial charge in [0.2, 0.25) is 0 Å². The van der Waals surface area contributed by atoms with Crippen LogP contribution in [0.1, 0.15) is 33.5 Å². The van der Waals surface area contributed by atoms with Crippen molar-refractivity contribution in [1.29, 1.82) is 0 Å². The fourth-order valence-electron chi connectivity index (χ4n) is 2.72. The molecular formula is C18H15Cl2N3O4. The number of fused-ring (bicyclic) bond motifs is 1. The number of nitrogens with zero attached hydrogens (tertiary/aromatic N) is 2. The highest BCUT2D eigenvalue weighted by Crippen LogP contribution is 2.31. The van der Waals surface area contributed by atoms with Crippen molar-refractivity contribution in [3.8, 4) is 5.75 Å². The molecule has 0 fully saturated rings. The van der Waals surface area contributed by atoms with E-state index in [2.05, 4.69) is 10.3 Å². The number of carboxylic acid groups (broad SMARTS) is 1. The number of aromatic carboxylic acids is 1. The summed E-state index contributed by atoms with van der Waals surface area (Å²) in [6, 6.07) is 6.00. The third kappa shape index (κ3) is 3.56. The number of aromatic nitrogens is 2. The summed E-state index contributed by atoms with van der Waals surface area (Å²) in [6.07, 6.45) is 2.14. The van der Waals surface area contributed by atoms with Crippen LogP contribution in [0.5, 0.6) is 5.75 Å². The number of aryl methyl sites for hydroxylation is 1. The highest BCUT2D eigenvalue weighted by molar-refractivity contribution is 6.34. The molecule has 3 aromatic rings. The molecule has 3 rings (SSSR count). The van der Waals surface area contributed by atoms with Crippen molar-refractivity contribution in [1.82, 2.24) is 9.38 Å². The van der Waals surface area contributed by atoms with Gasteiger partial charge in [-0.3, -0.25) is 9.20 Å². The lowest BCUT2D eigenvalue weighted by atomic mass is 10.1. The van der Waals surface area contributed by atoms with Crippen LogP contribution in [0, 0.1) is 0 Å². The average Bonchev–Trinajstić information content (AvgIpc) is 3.00. The molecule has 0 spiro atoms. The van der Waals surface area contributed by atoms with Crippen molar-refractivity contribution < 1.29 is 19.4 Å². The Balaban J connectivity index is 2.05. The molecule has 9 heteroatoms. The zero-order valence-corrected chi connectivity index (χ0v) is 15.9. The molecular weight excluding hydrogens is 393 g/mol. The first-order valence-electron chi connectivity index (χ1n) is 7.94. The molecule has 0 atom stereocenters. The monoisotopic (exact) mass is 407 g/mol. The number of anilines is 1. The zero-order chi connectivity index (χ0) is 19.7. The molecule has 0 aliphatic carbocycles. The summed E-state index contributed by atoms with van der Waals surface area (Å²) in [6.45, 7) is 1.89. The average molecular weight is 408 g/mol. The fourth-order valence-corrected chi connectivity index (χ4v) is 3.09. The van der Waals surface area contributed by atoms with E-state index in [0.29, 0.717) is 28.5 Å². The van der Waals surface area contributed by atoms with Gasteiger partial charge in [-0.05, 0) is 24.6 Å². The molecule has 0 aliphatic heterocycles. The Labute approximate surface area is 164 Å². The summed E-state index contributed by atoms with van der Waals surface area (Å²) in [4.78, 5) is 28.6. The van der Waals surface area contributed by atoms with E-state index < -0.39 is 11.9 Å². The van der Waals surface area contributed by atoms with Crippen LogP contribution in [0.4, 0.5) is 5.69 Å². The number of ether oxygens (including phenoxy) is 1. The number of hydrogen-bond donors (Lipinski definition) is 2. The van der Waals surface area contributed by atoms with Crippen LogP contribution in [0.25, 0.3) is 5.65 Å². The second-order valence-corrected chi connectivity index (χ2v) is 6.47. The summed E-state index contributed by atoms with van der Waals surface area (Å²) < 4.78 is 6.68. The predicted molar refractivity (Wildman–Crippen MR) is 102 cm³/mol. The second kappa shape index (κ2) is 7.46. The van der Waals surface area contributed by atoms with Crippen molar-refractivity contribution in [3.05, 3.63) is 57.5 Å². The lowest BCUT2D eigenvalue weighted by molar-refractivity contribution is 0.0693. The van der Waals surface area contributed by atoms with Crippen LogP contribution in [-0.2, 0) is 6.42 Å². The van der Waals surface area contributed by atoms with E-state index in [1.54, 1.807) is 22.7 Å². The molecule has 0 aliphatic rings. The number of methoxy groups -OCH3 is 1. The highest BCUT2D eigenvalue weighted by Gasteiger charge is 2.21. The molecule has 1 aromatic carbocycles. The third-order valence-corrected chi connectivity index (χ3v) is 4.51. The number of hydrogen-bond acceptors (Lipinski definition) is 4. The van der Waals surface area contributed by atoms with E-state index in [9.17, 15) is 14.7 Å². The van der Waals surface area contributed by atoms with E-state index in [0.717, 1.165) is 0 Å². The summed E-state index contributed by atoms with van der Waals surface area (Å²) >= 11 is 12.2. The lowest BCUT2D eigenvalue weighted by Crippen LogP contribution is -2.17. The molecule has 0 saturated carbocycles. The maximum Gasteiger partial charge on any atom is 0.339 e.